The summed E-state index contributed by atoms with van der Waals surface area (Å²) in [5, 5.41) is 4.21. The Morgan fingerprint density at radius 3 is 3.20 bits per heavy atom. The fourth-order valence-corrected chi connectivity index (χ4v) is 2.60. The molecule has 1 unspecified atom stereocenters. The number of aromatic nitrogens is 1. The molecule has 3 N–H and O–H groups in total. The molecule has 2 rings (SSSR count). The molecule has 1 aliphatic rings. The molecule has 1 fully saturated rings. The number of nitrogens with one attached hydrogen (secondary N) is 1. The van der Waals surface area contributed by atoms with Gasteiger partial charge in [-0.2, -0.15) is 0 Å². The van der Waals surface area contributed by atoms with Crippen LogP contribution >= 0.6 is 11.3 Å². The van der Waals surface area contributed by atoms with Crippen molar-refractivity contribution >= 4 is 27.4 Å². The number of carbonyl (C=O) groups excluding carboxylic acids is 1. The van der Waals surface area contributed by atoms with Crippen LogP contribution in [-0.2, 0) is 4.79 Å². The Hall–Kier alpha value is -1.30. The quantitative estimate of drug-likeness (QED) is 0.767. The molecular weight excluding hydrogens is 212 g/mol. The summed E-state index contributed by atoms with van der Waals surface area (Å²) in [5.41, 5.74) is 5.63. The Kier molecular flexibility index (Phi) is 2.77. The van der Waals surface area contributed by atoms with Gasteiger partial charge >= 0.3 is 0 Å². The molecule has 0 aromatic carbocycles. The van der Waals surface area contributed by atoms with Gasteiger partial charge in [-0.1, -0.05) is 11.3 Å². The third-order valence-electron chi connectivity index (χ3n) is 2.56. The van der Waals surface area contributed by atoms with Crippen LogP contribution < -0.4 is 16.0 Å². The van der Waals surface area contributed by atoms with Gasteiger partial charge < -0.3 is 16.0 Å². The first kappa shape index (κ1) is 10.2. The number of hydrogen-bond acceptors (Lipinski definition) is 5. The van der Waals surface area contributed by atoms with Gasteiger partial charge in [-0.15, -0.1) is 0 Å². The molecule has 1 aromatic rings. The summed E-state index contributed by atoms with van der Waals surface area (Å²) in [5.74, 6) is 0.0567. The minimum absolute atomic E-state index is 0.0567. The third-order valence-corrected chi connectivity index (χ3v) is 3.42. The number of thiazole rings is 1. The lowest BCUT2D eigenvalue weighted by atomic mass is 10.2. The van der Waals surface area contributed by atoms with Crippen LogP contribution in [0.15, 0.2) is 6.20 Å². The summed E-state index contributed by atoms with van der Waals surface area (Å²) in [6.07, 6.45) is 3.55. The van der Waals surface area contributed by atoms with E-state index in [1.807, 2.05) is 4.90 Å². The molecule has 1 saturated heterocycles. The maximum atomic E-state index is 11.6. The molecule has 2 heterocycles. The van der Waals surface area contributed by atoms with Crippen LogP contribution in [-0.4, -0.2) is 30.5 Å². The van der Waals surface area contributed by atoms with Gasteiger partial charge in [0.15, 0.2) is 5.13 Å². The highest BCUT2D eigenvalue weighted by molar-refractivity contribution is 7.19. The molecule has 1 amide bonds. The van der Waals surface area contributed by atoms with Crippen molar-refractivity contribution in [1.29, 1.82) is 0 Å². The predicted octanol–water partition coefficient (Wildman–Crippen LogP) is 0.440. The predicted molar refractivity (Wildman–Crippen MR) is 61.0 cm³/mol. The highest BCUT2D eigenvalue weighted by Gasteiger charge is 2.31. The Bertz CT molecular complexity index is 365. The normalized spacial score (nSPS) is 20.6. The van der Waals surface area contributed by atoms with Crippen LogP contribution in [0.25, 0.3) is 0 Å². The van der Waals surface area contributed by atoms with E-state index >= 15 is 0 Å². The summed E-state index contributed by atoms with van der Waals surface area (Å²) < 4.78 is 0. The molecule has 0 saturated carbocycles. The average molecular weight is 226 g/mol. The van der Waals surface area contributed by atoms with Crippen molar-refractivity contribution in [3.8, 4) is 0 Å². The van der Waals surface area contributed by atoms with E-state index in [9.17, 15) is 4.79 Å². The molecule has 0 bridgehead atoms. The molecular formula is C9H14N4OS. The van der Waals surface area contributed by atoms with Crippen LogP contribution in [0.1, 0.15) is 12.8 Å². The number of rotatable bonds is 2. The fourth-order valence-electron chi connectivity index (χ4n) is 1.84. The molecule has 5 nitrogen and oxygen atoms in total. The number of hydrogen-bond donors (Lipinski definition) is 2. The highest BCUT2D eigenvalue weighted by atomic mass is 32.1. The van der Waals surface area contributed by atoms with Crippen molar-refractivity contribution in [2.45, 2.75) is 18.9 Å². The first-order valence-electron chi connectivity index (χ1n) is 4.92. The summed E-state index contributed by atoms with van der Waals surface area (Å²) >= 11 is 1.43. The largest absolute Gasteiger partial charge is 0.389 e. The van der Waals surface area contributed by atoms with Crippen molar-refractivity contribution < 1.29 is 4.79 Å². The van der Waals surface area contributed by atoms with Crippen LogP contribution in [0.4, 0.5) is 10.1 Å². The van der Waals surface area contributed by atoms with Gasteiger partial charge in [-0.25, -0.2) is 4.98 Å². The van der Waals surface area contributed by atoms with E-state index in [1.54, 1.807) is 13.2 Å². The molecule has 0 spiro atoms. The lowest BCUT2D eigenvalue weighted by Gasteiger charge is -2.22. The van der Waals surface area contributed by atoms with E-state index in [2.05, 4.69) is 10.3 Å². The third kappa shape index (κ3) is 1.90. The summed E-state index contributed by atoms with van der Waals surface area (Å²) in [7, 11) is 1.66. The lowest BCUT2D eigenvalue weighted by Crippen LogP contribution is -2.41. The second-order valence-corrected chi connectivity index (χ2v) is 4.55. The van der Waals surface area contributed by atoms with Gasteiger partial charge in [0.05, 0.1) is 6.20 Å². The first-order valence-corrected chi connectivity index (χ1v) is 5.73. The number of nitrogens with two attached hydrogens (primary N) is 1. The fraction of sp³-hybridized carbons (Fsp3) is 0.556. The number of carbonyl (C=O) groups is 1. The van der Waals surface area contributed by atoms with Gasteiger partial charge in [0.1, 0.15) is 11.0 Å². The van der Waals surface area contributed by atoms with E-state index in [-0.39, 0.29) is 11.9 Å². The number of anilines is 2. The summed E-state index contributed by atoms with van der Waals surface area (Å²) in [4.78, 5) is 17.8. The number of likely N-dealkylation sites (N-methyl/N-ethyl adjacent to an activating group) is 1. The van der Waals surface area contributed by atoms with Crippen molar-refractivity contribution in [2.24, 2.45) is 0 Å². The standard InChI is InChI=1S/C9H14N4OS/c1-11-8(14)6-3-2-4-13(6)9-12-5-7(10)15-9/h5-6H,2-4,10H2,1H3,(H,11,14). The summed E-state index contributed by atoms with van der Waals surface area (Å²) in [6, 6.07) is -0.0828. The Labute approximate surface area is 92.3 Å². The van der Waals surface area contributed by atoms with E-state index < -0.39 is 0 Å². The highest BCUT2D eigenvalue weighted by Crippen LogP contribution is 2.30. The maximum Gasteiger partial charge on any atom is 0.242 e. The van der Waals surface area contributed by atoms with E-state index in [4.69, 9.17) is 5.73 Å². The van der Waals surface area contributed by atoms with Gasteiger partial charge in [0.25, 0.3) is 0 Å². The van der Waals surface area contributed by atoms with Gasteiger partial charge in [0, 0.05) is 13.6 Å². The number of nitrogen functional groups attached to an aromatic ring is 1. The molecule has 82 valence electrons. The first-order chi connectivity index (χ1) is 7.22. The van der Waals surface area contributed by atoms with Crippen LogP contribution in [0.3, 0.4) is 0 Å². The SMILES string of the molecule is CNC(=O)C1CCCN1c1ncc(N)s1. The van der Waals surface area contributed by atoms with Crippen molar-refractivity contribution in [3.63, 3.8) is 0 Å². The Balaban J connectivity index is 2.18. The number of nitrogens with zero attached hydrogens (tertiary/aromatic N) is 2. The molecule has 0 radical (unpaired) electrons. The van der Waals surface area contributed by atoms with Crippen molar-refractivity contribution in [1.82, 2.24) is 10.3 Å². The second kappa shape index (κ2) is 4.06. The van der Waals surface area contributed by atoms with E-state index in [0.29, 0.717) is 5.00 Å². The molecule has 1 aromatic heterocycles. The lowest BCUT2D eigenvalue weighted by molar-refractivity contribution is -0.121. The van der Waals surface area contributed by atoms with Gasteiger partial charge in [0.2, 0.25) is 5.91 Å². The average Bonchev–Trinajstić information content (AvgIpc) is 2.84. The zero-order valence-corrected chi connectivity index (χ0v) is 9.38. The van der Waals surface area contributed by atoms with Crippen LogP contribution in [0.2, 0.25) is 0 Å². The van der Waals surface area contributed by atoms with E-state index in [1.165, 1.54) is 11.3 Å². The van der Waals surface area contributed by atoms with E-state index in [0.717, 1.165) is 24.5 Å². The Morgan fingerprint density at radius 2 is 2.60 bits per heavy atom. The van der Waals surface area contributed by atoms with Gasteiger partial charge in [-0.3, -0.25) is 4.79 Å². The maximum absolute atomic E-state index is 11.6. The monoisotopic (exact) mass is 226 g/mol. The van der Waals surface area contributed by atoms with Crippen LogP contribution in [0.5, 0.6) is 0 Å². The molecule has 1 aliphatic heterocycles. The zero-order valence-electron chi connectivity index (χ0n) is 8.56. The van der Waals surface area contributed by atoms with Gasteiger partial charge in [-0.05, 0) is 12.8 Å². The topological polar surface area (TPSA) is 71.2 Å². The molecule has 1 atom stereocenters. The molecule has 15 heavy (non-hydrogen) atoms. The summed E-state index contributed by atoms with van der Waals surface area (Å²) in [6.45, 7) is 0.880. The van der Waals surface area contributed by atoms with Crippen molar-refractivity contribution in [2.75, 3.05) is 24.2 Å². The van der Waals surface area contributed by atoms with Crippen LogP contribution in [0, 0.1) is 0 Å². The second-order valence-electron chi connectivity index (χ2n) is 3.51. The Morgan fingerprint density at radius 1 is 1.80 bits per heavy atom. The van der Waals surface area contributed by atoms with Crippen molar-refractivity contribution in [3.05, 3.63) is 6.20 Å². The smallest absolute Gasteiger partial charge is 0.242 e. The number of amides is 1. The zero-order chi connectivity index (χ0) is 10.8. The minimum Gasteiger partial charge on any atom is -0.389 e. The molecule has 0 aliphatic carbocycles. The molecule has 6 heteroatoms. The minimum atomic E-state index is -0.0828.